The third kappa shape index (κ3) is 2.49. The van der Waals surface area contributed by atoms with Crippen LogP contribution in [0.5, 0.6) is 0 Å². The van der Waals surface area contributed by atoms with Crippen molar-refractivity contribution in [2.45, 2.75) is 31.2 Å². The minimum atomic E-state index is 0.422. The topological polar surface area (TPSA) is 69.6 Å². The van der Waals surface area contributed by atoms with Crippen molar-refractivity contribution in [2.75, 3.05) is 5.73 Å². The number of nitrogens with two attached hydrogens (primary N) is 1. The van der Waals surface area contributed by atoms with E-state index in [-0.39, 0.29) is 0 Å². The van der Waals surface area contributed by atoms with Crippen LogP contribution in [0.1, 0.15) is 36.8 Å². The molecule has 0 unspecified atom stereocenters. The van der Waals surface area contributed by atoms with E-state index in [4.69, 9.17) is 5.73 Å². The van der Waals surface area contributed by atoms with E-state index < -0.39 is 0 Å². The number of nitrogen functional groups attached to an aromatic ring is 1. The minimum absolute atomic E-state index is 0.422. The Morgan fingerprint density at radius 1 is 1.08 bits per heavy atom. The quantitative estimate of drug-likeness (QED) is 0.577. The Morgan fingerprint density at radius 2 is 1.96 bits per heavy atom. The molecule has 1 fully saturated rings. The van der Waals surface area contributed by atoms with Gasteiger partial charge in [0.05, 0.1) is 5.39 Å². The van der Waals surface area contributed by atoms with Crippen molar-refractivity contribution in [3.05, 3.63) is 60.0 Å². The van der Waals surface area contributed by atoms with Crippen molar-refractivity contribution in [2.24, 2.45) is 0 Å². The van der Waals surface area contributed by atoms with Crippen LogP contribution in [-0.2, 0) is 0 Å². The van der Waals surface area contributed by atoms with Gasteiger partial charge in [0.2, 0.25) is 0 Å². The van der Waals surface area contributed by atoms with Crippen molar-refractivity contribution >= 4 is 28.2 Å². The van der Waals surface area contributed by atoms with E-state index >= 15 is 0 Å². The third-order valence-electron chi connectivity index (χ3n) is 5.37. The molecule has 1 aliphatic carbocycles. The van der Waals surface area contributed by atoms with Crippen molar-refractivity contribution in [1.29, 1.82) is 0 Å². The van der Waals surface area contributed by atoms with Gasteiger partial charge >= 0.3 is 0 Å². The minimum Gasteiger partial charge on any atom is -0.383 e. The average molecular weight is 361 g/mol. The van der Waals surface area contributed by atoms with Gasteiger partial charge < -0.3 is 10.3 Å². The maximum Gasteiger partial charge on any atom is 0.146 e. The highest BCUT2D eigenvalue weighted by Gasteiger charge is 2.29. The van der Waals surface area contributed by atoms with Crippen molar-refractivity contribution in [3.63, 3.8) is 0 Å². The molecule has 0 spiro atoms. The molecule has 4 aromatic rings. The summed E-state index contributed by atoms with van der Waals surface area (Å²) < 4.78 is 2.30. The first-order valence-electron chi connectivity index (χ1n) is 8.87. The fraction of sp³-hybridized carbons (Fsp3) is 0.250. The Labute approximate surface area is 155 Å². The maximum absolute atomic E-state index is 6.21. The molecule has 0 saturated heterocycles. The summed E-state index contributed by atoms with van der Waals surface area (Å²) in [5.41, 5.74) is 9.59. The molecule has 1 saturated carbocycles. The molecule has 2 atom stereocenters. The fourth-order valence-corrected chi connectivity index (χ4v) is 4.80. The molecule has 6 heteroatoms. The predicted molar refractivity (Wildman–Crippen MR) is 105 cm³/mol. The molecular formula is C20H19N5S. The van der Waals surface area contributed by atoms with Gasteiger partial charge in [-0.05, 0) is 30.7 Å². The Morgan fingerprint density at radius 3 is 2.77 bits per heavy atom. The van der Waals surface area contributed by atoms with E-state index in [1.807, 2.05) is 11.6 Å². The van der Waals surface area contributed by atoms with E-state index in [0.29, 0.717) is 17.8 Å². The molecule has 0 radical (unpaired) electrons. The molecule has 3 heterocycles. The normalized spacial score (nSPS) is 20.0. The molecule has 0 aliphatic heterocycles. The highest BCUT2D eigenvalue weighted by atomic mass is 32.1. The van der Waals surface area contributed by atoms with Crippen LogP contribution in [-0.4, -0.2) is 19.5 Å². The van der Waals surface area contributed by atoms with Gasteiger partial charge in [-0.15, -0.1) is 11.3 Å². The maximum atomic E-state index is 6.21. The third-order valence-corrected chi connectivity index (χ3v) is 6.18. The molecule has 1 aliphatic rings. The van der Waals surface area contributed by atoms with Crippen LogP contribution in [0.4, 0.5) is 5.82 Å². The van der Waals surface area contributed by atoms with Gasteiger partial charge in [-0.25, -0.2) is 15.0 Å². The van der Waals surface area contributed by atoms with Crippen LogP contribution < -0.4 is 5.73 Å². The largest absolute Gasteiger partial charge is 0.383 e. The zero-order chi connectivity index (χ0) is 17.5. The lowest BCUT2D eigenvalue weighted by molar-refractivity contribution is 0.524. The van der Waals surface area contributed by atoms with Crippen molar-refractivity contribution in [1.82, 2.24) is 19.5 Å². The summed E-state index contributed by atoms with van der Waals surface area (Å²) in [4.78, 5) is 13.2. The molecule has 2 N–H and O–H groups in total. The summed E-state index contributed by atoms with van der Waals surface area (Å²) in [7, 11) is 0. The van der Waals surface area contributed by atoms with E-state index in [1.54, 1.807) is 17.7 Å². The molecule has 26 heavy (non-hydrogen) atoms. The van der Waals surface area contributed by atoms with Gasteiger partial charge in [0, 0.05) is 29.4 Å². The van der Waals surface area contributed by atoms with E-state index in [0.717, 1.165) is 34.4 Å². The summed E-state index contributed by atoms with van der Waals surface area (Å²) in [5, 5.41) is 3.87. The van der Waals surface area contributed by atoms with Gasteiger partial charge in [0.15, 0.2) is 0 Å². The summed E-state index contributed by atoms with van der Waals surface area (Å²) in [6.07, 6.45) is 9.02. The van der Waals surface area contributed by atoms with Gasteiger partial charge in [-0.1, -0.05) is 30.3 Å². The average Bonchev–Trinajstić information content (AvgIpc) is 3.41. The lowest BCUT2D eigenvalue weighted by Gasteiger charge is -2.14. The Kier molecular flexibility index (Phi) is 3.71. The second kappa shape index (κ2) is 6.21. The molecule has 0 amide bonds. The number of anilines is 1. The number of fused-ring (bicyclic) bond motifs is 1. The monoisotopic (exact) mass is 361 g/mol. The smallest absolute Gasteiger partial charge is 0.146 e. The van der Waals surface area contributed by atoms with Crippen LogP contribution >= 0.6 is 11.3 Å². The zero-order valence-corrected chi connectivity index (χ0v) is 15.1. The predicted octanol–water partition coefficient (Wildman–Crippen LogP) is 4.65. The number of hydrogen-bond acceptors (Lipinski definition) is 5. The number of aromatic nitrogens is 4. The van der Waals surface area contributed by atoms with Crippen LogP contribution in [0.3, 0.4) is 0 Å². The molecule has 1 aromatic carbocycles. The molecule has 5 rings (SSSR count). The standard InChI is InChI=1S/C20H19N5S/c21-18-17-16(20-22-8-9-26-20)11-25(19(17)24-12-23-18)15-7-6-14(10-15)13-4-2-1-3-5-13/h1-5,8-9,11-12,14-15H,6-7,10H2,(H2,21,23,24)/t14-,15+/m1/s1. The Hall–Kier alpha value is -2.73. The zero-order valence-electron chi connectivity index (χ0n) is 14.2. The van der Waals surface area contributed by atoms with Crippen LogP contribution in [0.2, 0.25) is 0 Å². The first kappa shape index (κ1) is 15.5. The fourth-order valence-electron chi connectivity index (χ4n) is 4.14. The van der Waals surface area contributed by atoms with Crippen LogP contribution in [0, 0.1) is 0 Å². The molecule has 130 valence electrons. The van der Waals surface area contributed by atoms with E-state index in [1.165, 1.54) is 12.0 Å². The summed E-state index contributed by atoms with van der Waals surface area (Å²) in [6.45, 7) is 0. The van der Waals surface area contributed by atoms with E-state index in [2.05, 4.69) is 56.0 Å². The molecular weight excluding hydrogens is 342 g/mol. The number of hydrogen-bond donors (Lipinski definition) is 1. The summed E-state index contributed by atoms with van der Waals surface area (Å²) >= 11 is 1.62. The number of nitrogens with zero attached hydrogens (tertiary/aromatic N) is 4. The van der Waals surface area contributed by atoms with Gasteiger partial charge in [-0.3, -0.25) is 0 Å². The van der Waals surface area contributed by atoms with Gasteiger partial charge in [0.1, 0.15) is 22.8 Å². The van der Waals surface area contributed by atoms with Crippen molar-refractivity contribution < 1.29 is 0 Å². The summed E-state index contributed by atoms with van der Waals surface area (Å²) in [6, 6.07) is 11.2. The summed E-state index contributed by atoms with van der Waals surface area (Å²) in [5.74, 6) is 1.12. The van der Waals surface area contributed by atoms with E-state index in [9.17, 15) is 0 Å². The van der Waals surface area contributed by atoms with Gasteiger partial charge in [-0.2, -0.15) is 0 Å². The Bertz CT molecular complexity index is 1040. The highest BCUT2D eigenvalue weighted by molar-refractivity contribution is 7.13. The second-order valence-electron chi connectivity index (χ2n) is 6.82. The van der Waals surface area contributed by atoms with Gasteiger partial charge in [0.25, 0.3) is 0 Å². The first-order chi connectivity index (χ1) is 12.8. The SMILES string of the molecule is Nc1ncnc2c1c(-c1nccs1)cn2[C@H]1CC[C@@H](c2ccccc2)C1. The second-order valence-corrected chi connectivity index (χ2v) is 7.71. The van der Waals surface area contributed by atoms with Crippen molar-refractivity contribution in [3.8, 4) is 10.6 Å². The highest BCUT2D eigenvalue weighted by Crippen LogP contribution is 2.44. The van der Waals surface area contributed by atoms with Crippen LogP contribution in [0.15, 0.2) is 54.4 Å². The number of rotatable bonds is 3. The molecule has 0 bridgehead atoms. The molecule has 3 aromatic heterocycles. The number of thiazole rings is 1. The Balaban J connectivity index is 1.57. The van der Waals surface area contributed by atoms with Crippen LogP contribution in [0.25, 0.3) is 21.6 Å². The molecule has 5 nitrogen and oxygen atoms in total. The first-order valence-corrected chi connectivity index (χ1v) is 9.75. The lowest BCUT2D eigenvalue weighted by atomic mass is 9.98. The number of benzene rings is 1. The lowest BCUT2D eigenvalue weighted by Crippen LogP contribution is -2.05.